The van der Waals surface area contributed by atoms with Crippen LogP contribution in [0, 0.1) is 0 Å². The van der Waals surface area contributed by atoms with Gasteiger partial charge in [0.2, 0.25) is 5.91 Å². The lowest BCUT2D eigenvalue weighted by Crippen LogP contribution is -2.25. The molecule has 4 rings (SSSR count). The molecular formula is C18H21N3OS. The highest BCUT2D eigenvalue weighted by Crippen LogP contribution is 2.39. The van der Waals surface area contributed by atoms with Gasteiger partial charge in [0.05, 0.1) is 5.52 Å². The predicted molar refractivity (Wildman–Crippen MR) is 92.7 cm³/mol. The lowest BCUT2D eigenvalue weighted by molar-refractivity contribution is -0.127. The van der Waals surface area contributed by atoms with E-state index in [4.69, 9.17) is 9.97 Å². The topological polar surface area (TPSA) is 46.1 Å². The van der Waals surface area contributed by atoms with Gasteiger partial charge in [0, 0.05) is 36.6 Å². The fourth-order valence-corrected chi connectivity index (χ4v) is 4.02. The molecule has 1 aromatic carbocycles. The highest BCUT2D eigenvalue weighted by atomic mass is 32.2. The van der Waals surface area contributed by atoms with E-state index in [1.807, 2.05) is 11.0 Å². The first-order chi connectivity index (χ1) is 11.3. The maximum Gasteiger partial charge on any atom is 0.222 e. The first kappa shape index (κ1) is 14.9. The summed E-state index contributed by atoms with van der Waals surface area (Å²) in [4.78, 5) is 23.2. The van der Waals surface area contributed by atoms with E-state index in [9.17, 15) is 4.79 Å². The minimum absolute atomic E-state index is 0.318. The quantitative estimate of drug-likeness (QED) is 0.462. The Bertz CT molecular complexity index is 729. The van der Waals surface area contributed by atoms with E-state index in [1.54, 1.807) is 11.8 Å². The Balaban J connectivity index is 1.44. The van der Waals surface area contributed by atoms with Gasteiger partial charge < -0.3 is 4.90 Å². The number of carbonyl (C=O) groups is 1. The van der Waals surface area contributed by atoms with E-state index in [0.29, 0.717) is 11.8 Å². The van der Waals surface area contributed by atoms with Gasteiger partial charge in [-0.3, -0.25) is 4.79 Å². The second kappa shape index (κ2) is 6.48. The zero-order valence-corrected chi connectivity index (χ0v) is 14.0. The van der Waals surface area contributed by atoms with Crippen molar-refractivity contribution in [1.82, 2.24) is 14.9 Å². The molecule has 1 aliphatic heterocycles. The Hall–Kier alpha value is -1.62. The van der Waals surface area contributed by atoms with Crippen molar-refractivity contribution in [3.05, 3.63) is 30.1 Å². The van der Waals surface area contributed by atoms with Crippen LogP contribution in [-0.4, -0.2) is 39.6 Å². The van der Waals surface area contributed by atoms with Crippen LogP contribution in [0.1, 0.15) is 43.8 Å². The Morgan fingerprint density at radius 2 is 2.09 bits per heavy atom. The number of amides is 1. The third-order valence-electron chi connectivity index (χ3n) is 4.51. The fourth-order valence-electron chi connectivity index (χ4n) is 3.06. The highest BCUT2D eigenvalue weighted by molar-refractivity contribution is 7.99. The summed E-state index contributed by atoms with van der Waals surface area (Å²) in [5.74, 6) is 2.90. The molecule has 0 unspecified atom stereocenters. The zero-order chi connectivity index (χ0) is 15.6. The second-order valence-corrected chi connectivity index (χ2v) is 7.45. The molecule has 120 valence electrons. The maximum atomic E-state index is 11.6. The molecule has 5 heteroatoms. The molecule has 1 amide bonds. The number of thioether (sulfide) groups is 1. The molecule has 23 heavy (non-hydrogen) atoms. The van der Waals surface area contributed by atoms with Crippen molar-refractivity contribution >= 4 is 28.6 Å². The van der Waals surface area contributed by atoms with Gasteiger partial charge in [-0.25, -0.2) is 9.97 Å². The molecule has 0 N–H and O–H groups in total. The number of hydrogen-bond acceptors (Lipinski definition) is 4. The number of carbonyl (C=O) groups excluding carboxylic acids is 1. The van der Waals surface area contributed by atoms with Crippen molar-refractivity contribution in [2.45, 2.75) is 43.0 Å². The summed E-state index contributed by atoms with van der Waals surface area (Å²) in [6.45, 7) is 1.82. The molecular weight excluding hydrogens is 306 g/mol. The van der Waals surface area contributed by atoms with Gasteiger partial charge in [0.15, 0.2) is 0 Å². The number of likely N-dealkylation sites (tertiary alicyclic amines) is 1. The summed E-state index contributed by atoms with van der Waals surface area (Å²) in [5, 5.41) is 2.25. The van der Waals surface area contributed by atoms with Crippen LogP contribution < -0.4 is 0 Å². The summed E-state index contributed by atoms with van der Waals surface area (Å²) in [6.07, 6.45) is 5.22. The fraction of sp³-hybridized carbons (Fsp3) is 0.500. The number of rotatable bonds is 6. The van der Waals surface area contributed by atoms with Crippen molar-refractivity contribution in [2.75, 3.05) is 18.8 Å². The van der Waals surface area contributed by atoms with E-state index in [1.165, 1.54) is 12.8 Å². The molecule has 0 spiro atoms. The number of hydrogen-bond donors (Lipinski definition) is 0. The summed E-state index contributed by atoms with van der Waals surface area (Å²) in [6, 6.07) is 8.28. The molecule has 0 atom stereocenters. The van der Waals surface area contributed by atoms with Crippen LogP contribution in [0.15, 0.2) is 29.3 Å². The van der Waals surface area contributed by atoms with Crippen molar-refractivity contribution in [3.63, 3.8) is 0 Å². The standard InChI is InChI=1S/C18H21N3OS/c22-16-7-3-10-21(16)11-4-12-23-18-14-5-1-2-6-15(14)19-17(20-18)13-8-9-13/h1-2,5-6,13H,3-4,7-12H2. The lowest BCUT2D eigenvalue weighted by atomic mass is 10.2. The number of aromatic nitrogens is 2. The van der Waals surface area contributed by atoms with Gasteiger partial charge >= 0.3 is 0 Å². The van der Waals surface area contributed by atoms with Crippen LogP contribution in [0.5, 0.6) is 0 Å². The van der Waals surface area contributed by atoms with Crippen molar-refractivity contribution < 1.29 is 4.79 Å². The number of fused-ring (bicyclic) bond motifs is 1. The monoisotopic (exact) mass is 327 g/mol. The molecule has 2 fully saturated rings. The SMILES string of the molecule is O=C1CCCN1CCCSc1nc(C2CC2)nc2ccccc12. The minimum atomic E-state index is 0.318. The minimum Gasteiger partial charge on any atom is -0.343 e. The summed E-state index contributed by atoms with van der Waals surface area (Å²) < 4.78 is 0. The Morgan fingerprint density at radius 1 is 1.22 bits per heavy atom. The van der Waals surface area contributed by atoms with E-state index in [0.717, 1.165) is 59.9 Å². The molecule has 1 aliphatic carbocycles. The summed E-state index contributed by atoms with van der Waals surface area (Å²) in [5.41, 5.74) is 1.06. The highest BCUT2D eigenvalue weighted by Gasteiger charge is 2.27. The Labute approximate surface area is 140 Å². The van der Waals surface area contributed by atoms with Crippen molar-refractivity contribution in [1.29, 1.82) is 0 Å². The summed E-state index contributed by atoms with van der Waals surface area (Å²) in [7, 11) is 0. The average molecular weight is 327 g/mol. The molecule has 1 saturated carbocycles. The smallest absolute Gasteiger partial charge is 0.222 e. The first-order valence-electron chi connectivity index (χ1n) is 8.48. The van der Waals surface area contributed by atoms with Gasteiger partial charge in [-0.1, -0.05) is 18.2 Å². The largest absolute Gasteiger partial charge is 0.343 e. The lowest BCUT2D eigenvalue weighted by Gasteiger charge is -2.15. The van der Waals surface area contributed by atoms with Crippen LogP contribution in [0.25, 0.3) is 10.9 Å². The van der Waals surface area contributed by atoms with Crippen molar-refractivity contribution in [2.24, 2.45) is 0 Å². The zero-order valence-electron chi connectivity index (χ0n) is 13.2. The van der Waals surface area contributed by atoms with Gasteiger partial charge in [-0.15, -0.1) is 11.8 Å². The maximum absolute atomic E-state index is 11.6. The van der Waals surface area contributed by atoms with Crippen LogP contribution >= 0.6 is 11.8 Å². The van der Waals surface area contributed by atoms with Crippen LogP contribution in [0.2, 0.25) is 0 Å². The van der Waals surface area contributed by atoms with Crippen molar-refractivity contribution in [3.8, 4) is 0 Å². The second-order valence-electron chi connectivity index (χ2n) is 6.36. The molecule has 1 saturated heterocycles. The number of benzene rings is 1. The van der Waals surface area contributed by atoms with Gasteiger partial charge in [0.1, 0.15) is 10.9 Å². The Morgan fingerprint density at radius 3 is 2.87 bits per heavy atom. The normalized spacial score (nSPS) is 18.1. The van der Waals surface area contributed by atoms with Crippen LogP contribution in [0.4, 0.5) is 0 Å². The van der Waals surface area contributed by atoms with Gasteiger partial charge in [-0.05, 0) is 31.7 Å². The molecule has 0 bridgehead atoms. The third kappa shape index (κ3) is 3.34. The molecule has 4 nitrogen and oxygen atoms in total. The molecule has 1 aromatic heterocycles. The average Bonchev–Trinajstić information content (AvgIpc) is 3.35. The van der Waals surface area contributed by atoms with Crippen LogP contribution in [-0.2, 0) is 4.79 Å². The molecule has 2 aliphatic rings. The molecule has 0 radical (unpaired) electrons. The molecule has 2 heterocycles. The first-order valence-corrected chi connectivity index (χ1v) is 9.47. The third-order valence-corrected chi connectivity index (χ3v) is 5.59. The van der Waals surface area contributed by atoms with E-state index >= 15 is 0 Å². The molecule has 2 aromatic rings. The van der Waals surface area contributed by atoms with Gasteiger partial charge in [-0.2, -0.15) is 0 Å². The van der Waals surface area contributed by atoms with Crippen LogP contribution in [0.3, 0.4) is 0 Å². The van der Waals surface area contributed by atoms with Gasteiger partial charge in [0.25, 0.3) is 0 Å². The summed E-state index contributed by atoms with van der Waals surface area (Å²) >= 11 is 1.80. The van der Waals surface area contributed by atoms with E-state index in [2.05, 4.69) is 18.2 Å². The van der Waals surface area contributed by atoms with E-state index in [-0.39, 0.29) is 0 Å². The Kier molecular flexibility index (Phi) is 4.21. The number of para-hydroxylation sites is 1. The number of nitrogens with zero attached hydrogens (tertiary/aromatic N) is 3. The predicted octanol–water partition coefficient (Wildman–Crippen LogP) is 3.61. The van der Waals surface area contributed by atoms with E-state index < -0.39 is 0 Å².